The number of allylic oxidation sites excluding steroid dienone is 1. The minimum absolute atomic E-state index is 0.173. The van der Waals surface area contributed by atoms with Crippen molar-refractivity contribution in [2.45, 2.75) is 13.8 Å². The fourth-order valence-corrected chi connectivity index (χ4v) is 1.87. The van der Waals surface area contributed by atoms with E-state index in [0.29, 0.717) is 11.3 Å². The maximum absolute atomic E-state index is 11.6. The van der Waals surface area contributed by atoms with E-state index in [9.17, 15) is 4.79 Å². The molecule has 0 spiro atoms. The molecule has 0 fully saturated rings. The highest BCUT2D eigenvalue weighted by atomic mass is 79.9. The third kappa shape index (κ3) is 2.71. The lowest BCUT2D eigenvalue weighted by molar-refractivity contribution is -0.111. The van der Waals surface area contributed by atoms with E-state index in [2.05, 4.69) is 31.4 Å². The van der Waals surface area contributed by atoms with Gasteiger partial charge in [-0.05, 0) is 35.8 Å². The second-order valence-electron chi connectivity index (χ2n) is 3.84. The van der Waals surface area contributed by atoms with Crippen LogP contribution in [-0.2, 0) is 4.79 Å². The topological polar surface area (TPSA) is 59.3 Å². The first kappa shape index (κ1) is 11.8. The van der Waals surface area contributed by atoms with Crippen LogP contribution in [0.4, 0.5) is 5.69 Å². The summed E-state index contributed by atoms with van der Waals surface area (Å²) in [7, 11) is 0. The SMILES string of the molecule is CC(C)=CC(=O)Nc1cc(Br)cn2cnnc12. The molecule has 0 saturated heterocycles. The fraction of sp³-hybridized carbons (Fsp3) is 0.182. The van der Waals surface area contributed by atoms with Gasteiger partial charge in [-0.3, -0.25) is 9.20 Å². The minimum Gasteiger partial charge on any atom is -0.319 e. The summed E-state index contributed by atoms with van der Waals surface area (Å²) in [5, 5.41) is 10.5. The van der Waals surface area contributed by atoms with Crippen LogP contribution in [0.15, 0.2) is 34.7 Å². The third-order valence-electron chi connectivity index (χ3n) is 2.04. The summed E-state index contributed by atoms with van der Waals surface area (Å²) < 4.78 is 2.58. The smallest absolute Gasteiger partial charge is 0.248 e. The molecule has 2 heterocycles. The van der Waals surface area contributed by atoms with Crippen molar-refractivity contribution in [1.29, 1.82) is 0 Å². The van der Waals surface area contributed by atoms with E-state index < -0.39 is 0 Å². The number of halogens is 1. The lowest BCUT2D eigenvalue weighted by atomic mass is 10.3. The molecule has 88 valence electrons. The maximum Gasteiger partial charge on any atom is 0.248 e. The van der Waals surface area contributed by atoms with Gasteiger partial charge in [0.25, 0.3) is 0 Å². The number of fused-ring (bicyclic) bond motifs is 1. The van der Waals surface area contributed by atoms with Crippen molar-refractivity contribution in [1.82, 2.24) is 14.6 Å². The molecule has 5 nitrogen and oxygen atoms in total. The van der Waals surface area contributed by atoms with E-state index in [1.807, 2.05) is 20.0 Å². The van der Waals surface area contributed by atoms with E-state index in [4.69, 9.17) is 0 Å². The summed E-state index contributed by atoms with van der Waals surface area (Å²) in [5.41, 5.74) is 2.18. The summed E-state index contributed by atoms with van der Waals surface area (Å²) in [4.78, 5) is 11.6. The maximum atomic E-state index is 11.6. The van der Waals surface area contributed by atoms with Crippen LogP contribution in [0.1, 0.15) is 13.8 Å². The Morgan fingerprint density at radius 2 is 2.29 bits per heavy atom. The van der Waals surface area contributed by atoms with Gasteiger partial charge in [0.15, 0.2) is 5.65 Å². The Kier molecular flexibility index (Phi) is 3.23. The van der Waals surface area contributed by atoms with Gasteiger partial charge in [-0.1, -0.05) is 5.57 Å². The Morgan fingerprint density at radius 1 is 1.53 bits per heavy atom. The molecule has 0 aliphatic rings. The number of anilines is 1. The predicted octanol–water partition coefficient (Wildman–Crippen LogP) is 2.40. The Morgan fingerprint density at radius 3 is 3.00 bits per heavy atom. The van der Waals surface area contributed by atoms with Crippen molar-refractivity contribution >= 4 is 33.2 Å². The molecule has 0 aliphatic carbocycles. The summed E-state index contributed by atoms with van der Waals surface area (Å²) in [5.74, 6) is -0.173. The number of aromatic nitrogens is 3. The molecule has 0 atom stereocenters. The molecular weight excluding hydrogens is 284 g/mol. The van der Waals surface area contributed by atoms with E-state index >= 15 is 0 Å². The zero-order chi connectivity index (χ0) is 12.4. The molecule has 1 N–H and O–H groups in total. The fourth-order valence-electron chi connectivity index (χ4n) is 1.43. The van der Waals surface area contributed by atoms with Gasteiger partial charge in [0.2, 0.25) is 5.91 Å². The lowest BCUT2D eigenvalue weighted by Gasteiger charge is -2.05. The Labute approximate surface area is 107 Å². The number of nitrogens with zero attached hydrogens (tertiary/aromatic N) is 3. The highest BCUT2D eigenvalue weighted by Crippen LogP contribution is 2.20. The van der Waals surface area contributed by atoms with E-state index in [0.717, 1.165) is 10.0 Å². The number of carbonyl (C=O) groups is 1. The second kappa shape index (κ2) is 4.67. The number of amides is 1. The van der Waals surface area contributed by atoms with E-state index in [1.165, 1.54) is 6.08 Å². The first-order valence-electron chi connectivity index (χ1n) is 5.01. The highest BCUT2D eigenvalue weighted by Gasteiger charge is 2.07. The number of nitrogens with one attached hydrogen (secondary N) is 1. The molecule has 2 aromatic heterocycles. The van der Waals surface area contributed by atoms with Gasteiger partial charge in [0, 0.05) is 16.7 Å². The summed E-state index contributed by atoms with van der Waals surface area (Å²) in [6.07, 6.45) is 4.94. The summed E-state index contributed by atoms with van der Waals surface area (Å²) in [6, 6.07) is 1.79. The average Bonchev–Trinajstić information content (AvgIpc) is 2.63. The van der Waals surface area contributed by atoms with Crippen molar-refractivity contribution in [2.75, 3.05) is 5.32 Å². The molecule has 2 aromatic rings. The van der Waals surface area contributed by atoms with Crippen LogP contribution in [-0.4, -0.2) is 20.5 Å². The van der Waals surface area contributed by atoms with Gasteiger partial charge in [-0.2, -0.15) is 0 Å². The van der Waals surface area contributed by atoms with Crippen molar-refractivity contribution < 1.29 is 4.79 Å². The molecule has 0 aromatic carbocycles. The molecule has 1 amide bonds. The Hall–Kier alpha value is -1.69. The monoisotopic (exact) mass is 294 g/mol. The average molecular weight is 295 g/mol. The molecule has 17 heavy (non-hydrogen) atoms. The molecule has 0 radical (unpaired) electrons. The molecule has 0 saturated carbocycles. The van der Waals surface area contributed by atoms with Gasteiger partial charge in [0.1, 0.15) is 6.33 Å². The third-order valence-corrected chi connectivity index (χ3v) is 2.47. The zero-order valence-electron chi connectivity index (χ0n) is 9.44. The second-order valence-corrected chi connectivity index (χ2v) is 4.76. The predicted molar refractivity (Wildman–Crippen MR) is 68.7 cm³/mol. The van der Waals surface area contributed by atoms with Crippen molar-refractivity contribution in [3.05, 3.63) is 34.7 Å². The van der Waals surface area contributed by atoms with Crippen LogP contribution in [0.5, 0.6) is 0 Å². The summed E-state index contributed by atoms with van der Waals surface area (Å²) >= 11 is 3.37. The molecule has 6 heteroatoms. The van der Waals surface area contributed by atoms with Crippen LogP contribution in [0.25, 0.3) is 5.65 Å². The normalized spacial score (nSPS) is 10.3. The van der Waals surface area contributed by atoms with Crippen molar-refractivity contribution in [3.63, 3.8) is 0 Å². The molecule has 2 rings (SSSR count). The van der Waals surface area contributed by atoms with Gasteiger partial charge in [-0.25, -0.2) is 0 Å². The van der Waals surface area contributed by atoms with Gasteiger partial charge >= 0.3 is 0 Å². The first-order valence-corrected chi connectivity index (χ1v) is 5.80. The Bertz CT molecular complexity index is 599. The molecular formula is C11H11BrN4O. The number of hydrogen-bond donors (Lipinski definition) is 1. The van der Waals surface area contributed by atoms with Gasteiger partial charge in [0.05, 0.1) is 5.69 Å². The van der Waals surface area contributed by atoms with Crippen LogP contribution < -0.4 is 5.32 Å². The summed E-state index contributed by atoms with van der Waals surface area (Å²) in [6.45, 7) is 3.74. The van der Waals surface area contributed by atoms with Gasteiger partial charge < -0.3 is 5.32 Å². The van der Waals surface area contributed by atoms with Crippen molar-refractivity contribution in [3.8, 4) is 0 Å². The largest absolute Gasteiger partial charge is 0.319 e. The minimum atomic E-state index is -0.173. The standard InChI is InChI=1S/C11H11BrN4O/c1-7(2)3-10(17)14-9-4-8(12)5-16-6-13-15-11(9)16/h3-6H,1-2H3,(H,14,17). The lowest BCUT2D eigenvalue weighted by Crippen LogP contribution is -2.09. The zero-order valence-corrected chi connectivity index (χ0v) is 11.0. The molecule has 0 aliphatic heterocycles. The first-order chi connectivity index (χ1) is 8.06. The van der Waals surface area contributed by atoms with Crippen LogP contribution in [0, 0.1) is 0 Å². The van der Waals surface area contributed by atoms with Crippen LogP contribution in [0.3, 0.4) is 0 Å². The number of rotatable bonds is 2. The van der Waals surface area contributed by atoms with Gasteiger partial charge in [-0.15, -0.1) is 10.2 Å². The Balaban J connectivity index is 2.38. The van der Waals surface area contributed by atoms with Crippen LogP contribution in [0.2, 0.25) is 0 Å². The number of hydrogen-bond acceptors (Lipinski definition) is 3. The molecule has 0 unspecified atom stereocenters. The van der Waals surface area contributed by atoms with Crippen molar-refractivity contribution in [2.24, 2.45) is 0 Å². The number of carbonyl (C=O) groups excluding carboxylic acids is 1. The number of pyridine rings is 1. The van der Waals surface area contributed by atoms with E-state index in [1.54, 1.807) is 16.8 Å². The molecule has 0 bridgehead atoms. The van der Waals surface area contributed by atoms with E-state index in [-0.39, 0.29) is 5.91 Å². The highest BCUT2D eigenvalue weighted by molar-refractivity contribution is 9.10. The van der Waals surface area contributed by atoms with Crippen LogP contribution >= 0.6 is 15.9 Å². The quantitative estimate of drug-likeness (QED) is 0.865.